The van der Waals surface area contributed by atoms with Crippen LogP contribution in [0.25, 0.3) is 0 Å². The first kappa shape index (κ1) is 18.3. The number of azo groups is 1. The molecule has 6 nitrogen and oxygen atoms in total. The summed E-state index contributed by atoms with van der Waals surface area (Å²) in [6.07, 6.45) is 0. The fourth-order valence-corrected chi connectivity index (χ4v) is 2.49. The van der Waals surface area contributed by atoms with E-state index in [4.69, 9.17) is 16.2 Å². The van der Waals surface area contributed by atoms with E-state index in [1.54, 1.807) is 6.07 Å². The van der Waals surface area contributed by atoms with Gasteiger partial charge in [0.25, 0.3) is 0 Å². The summed E-state index contributed by atoms with van der Waals surface area (Å²) in [6.45, 7) is 4.39. The van der Waals surface area contributed by atoms with Crippen molar-refractivity contribution in [2.24, 2.45) is 10.2 Å². The molecule has 138 valence electrons. The largest absolute Gasteiger partial charge is 0.491 e. The number of rotatable bonds is 6. The van der Waals surface area contributed by atoms with Crippen molar-refractivity contribution in [2.45, 2.75) is 13.8 Å². The van der Waals surface area contributed by atoms with Gasteiger partial charge in [-0.3, -0.25) is 0 Å². The molecule has 5 N–H and O–H groups in total. The molecule has 3 aromatic rings. The third kappa shape index (κ3) is 4.76. The van der Waals surface area contributed by atoms with Crippen LogP contribution in [0.4, 0.5) is 34.1 Å². The van der Waals surface area contributed by atoms with Gasteiger partial charge in [0.15, 0.2) is 0 Å². The molecule has 3 rings (SSSR count). The summed E-state index contributed by atoms with van der Waals surface area (Å²) in [6, 6.07) is 18.9. The Morgan fingerprint density at radius 1 is 0.889 bits per heavy atom. The zero-order valence-corrected chi connectivity index (χ0v) is 15.4. The Morgan fingerprint density at radius 2 is 1.52 bits per heavy atom. The Bertz CT molecular complexity index is 934. The van der Waals surface area contributed by atoms with Crippen LogP contribution in [0.1, 0.15) is 12.5 Å². The highest BCUT2D eigenvalue weighted by molar-refractivity contribution is 5.64. The number of benzene rings is 3. The highest BCUT2D eigenvalue weighted by Crippen LogP contribution is 2.33. The zero-order chi connectivity index (χ0) is 19.2. The Labute approximate surface area is 158 Å². The highest BCUT2D eigenvalue weighted by atomic mass is 16.5. The molecule has 0 aliphatic carbocycles. The van der Waals surface area contributed by atoms with E-state index in [-0.39, 0.29) is 0 Å². The minimum atomic E-state index is 0.538. The maximum atomic E-state index is 5.95. The lowest BCUT2D eigenvalue weighted by atomic mass is 10.1. The standard InChI is InChI=1S/C21H23N5O/c1-3-27-21-13-19(23)14(2)12-20(21)26-25-18-10-8-17(9-11-18)24-16-6-4-15(22)5-7-16/h4-13,24H,3,22-23H2,1-2H3. The summed E-state index contributed by atoms with van der Waals surface area (Å²) >= 11 is 0. The first-order valence-corrected chi connectivity index (χ1v) is 8.72. The SMILES string of the molecule is CCOc1cc(N)c(C)cc1N=Nc1ccc(Nc2ccc(N)cc2)cc1. The van der Waals surface area contributed by atoms with E-state index >= 15 is 0 Å². The minimum Gasteiger partial charge on any atom is -0.491 e. The van der Waals surface area contributed by atoms with Crippen molar-refractivity contribution in [1.82, 2.24) is 0 Å². The predicted octanol–water partition coefficient (Wildman–Crippen LogP) is 5.72. The van der Waals surface area contributed by atoms with Gasteiger partial charge in [-0.2, -0.15) is 5.11 Å². The monoisotopic (exact) mass is 361 g/mol. The predicted molar refractivity (Wildman–Crippen MR) is 112 cm³/mol. The molecule has 0 aromatic heterocycles. The van der Waals surface area contributed by atoms with E-state index in [9.17, 15) is 0 Å². The molecule has 27 heavy (non-hydrogen) atoms. The van der Waals surface area contributed by atoms with Gasteiger partial charge in [0.05, 0.1) is 12.3 Å². The normalized spacial score (nSPS) is 10.9. The fraction of sp³-hybridized carbons (Fsp3) is 0.143. The van der Waals surface area contributed by atoms with Crippen molar-refractivity contribution >= 4 is 34.1 Å². The number of nitrogens with two attached hydrogens (primary N) is 2. The number of anilines is 4. The second-order valence-electron chi connectivity index (χ2n) is 6.10. The van der Waals surface area contributed by atoms with Gasteiger partial charge < -0.3 is 21.5 Å². The van der Waals surface area contributed by atoms with Crippen molar-refractivity contribution in [3.05, 3.63) is 66.2 Å². The lowest BCUT2D eigenvalue weighted by Gasteiger charge is -2.09. The second kappa shape index (κ2) is 8.23. The Hall–Kier alpha value is -3.54. The van der Waals surface area contributed by atoms with Crippen molar-refractivity contribution in [3.63, 3.8) is 0 Å². The number of nitrogen functional groups attached to an aromatic ring is 2. The molecule has 0 amide bonds. The lowest BCUT2D eigenvalue weighted by molar-refractivity contribution is 0.341. The Kier molecular flexibility index (Phi) is 5.56. The summed E-state index contributed by atoms with van der Waals surface area (Å²) in [4.78, 5) is 0. The molecule has 0 saturated carbocycles. The van der Waals surface area contributed by atoms with Crippen molar-refractivity contribution < 1.29 is 4.74 Å². The van der Waals surface area contributed by atoms with Gasteiger partial charge in [-0.05, 0) is 74.0 Å². The summed E-state index contributed by atoms with van der Waals surface area (Å²) in [5, 5.41) is 12.0. The van der Waals surface area contributed by atoms with Crippen molar-refractivity contribution in [1.29, 1.82) is 0 Å². The van der Waals surface area contributed by atoms with Crippen LogP contribution in [0, 0.1) is 6.92 Å². The van der Waals surface area contributed by atoms with Gasteiger partial charge in [-0.15, -0.1) is 5.11 Å². The van der Waals surface area contributed by atoms with Crippen LogP contribution in [0.2, 0.25) is 0 Å². The molecular formula is C21H23N5O. The van der Waals surface area contributed by atoms with E-state index < -0.39 is 0 Å². The van der Waals surface area contributed by atoms with Crippen LogP contribution in [-0.2, 0) is 0 Å². The molecule has 0 radical (unpaired) electrons. The number of ether oxygens (including phenoxy) is 1. The molecule has 0 saturated heterocycles. The molecule has 0 spiro atoms. The van der Waals surface area contributed by atoms with Gasteiger partial charge in [-0.25, -0.2) is 0 Å². The van der Waals surface area contributed by atoms with Gasteiger partial charge in [-0.1, -0.05) is 0 Å². The van der Waals surface area contributed by atoms with Crippen LogP contribution in [-0.4, -0.2) is 6.61 Å². The van der Waals surface area contributed by atoms with E-state index in [1.807, 2.05) is 68.4 Å². The van der Waals surface area contributed by atoms with Gasteiger partial charge in [0.2, 0.25) is 0 Å². The van der Waals surface area contributed by atoms with Crippen LogP contribution >= 0.6 is 0 Å². The second-order valence-corrected chi connectivity index (χ2v) is 6.10. The molecular weight excluding hydrogens is 338 g/mol. The average Bonchev–Trinajstić information content (AvgIpc) is 2.66. The van der Waals surface area contributed by atoms with E-state index in [1.165, 1.54) is 0 Å². The molecule has 0 fully saturated rings. The van der Waals surface area contributed by atoms with Crippen molar-refractivity contribution in [2.75, 3.05) is 23.4 Å². The Morgan fingerprint density at radius 3 is 2.15 bits per heavy atom. The molecule has 0 unspecified atom stereocenters. The van der Waals surface area contributed by atoms with Gasteiger partial charge in [0.1, 0.15) is 11.4 Å². The smallest absolute Gasteiger partial charge is 0.148 e. The Balaban J connectivity index is 1.74. The first-order chi connectivity index (χ1) is 13.0. The van der Waals surface area contributed by atoms with E-state index in [0.717, 1.165) is 28.3 Å². The number of hydrogen-bond donors (Lipinski definition) is 3. The summed E-state index contributed by atoms with van der Waals surface area (Å²) in [7, 11) is 0. The van der Waals surface area contributed by atoms with Crippen LogP contribution in [0.15, 0.2) is 70.9 Å². The molecule has 0 bridgehead atoms. The third-order valence-corrected chi connectivity index (χ3v) is 3.99. The molecule has 0 heterocycles. The summed E-state index contributed by atoms with van der Waals surface area (Å²) in [5.41, 5.74) is 17.3. The molecule has 6 heteroatoms. The maximum Gasteiger partial charge on any atom is 0.148 e. The number of nitrogens with one attached hydrogen (secondary N) is 1. The van der Waals surface area contributed by atoms with E-state index in [0.29, 0.717) is 23.7 Å². The number of nitrogens with zero attached hydrogens (tertiary/aromatic N) is 2. The topological polar surface area (TPSA) is 98.0 Å². The summed E-state index contributed by atoms with van der Waals surface area (Å²) in [5.74, 6) is 0.631. The first-order valence-electron chi connectivity index (χ1n) is 8.72. The third-order valence-electron chi connectivity index (χ3n) is 3.99. The number of aryl methyl sites for hydroxylation is 1. The molecule has 0 atom stereocenters. The van der Waals surface area contributed by atoms with Gasteiger partial charge >= 0.3 is 0 Å². The summed E-state index contributed by atoms with van der Waals surface area (Å²) < 4.78 is 5.60. The van der Waals surface area contributed by atoms with Gasteiger partial charge in [0, 0.05) is 28.8 Å². The van der Waals surface area contributed by atoms with Crippen LogP contribution < -0.4 is 21.5 Å². The molecule has 0 aliphatic heterocycles. The zero-order valence-electron chi connectivity index (χ0n) is 15.4. The number of hydrogen-bond acceptors (Lipinski definition) is 6. The minimum absolute atomic E-state index is 0.538. The van der Waals surface area contributed by atoms with Crippen LogP contribution in [0.3, 0.4) is 0 Å². The van der Waals surface area contributed by atoms with E-state index in [2.05, 4.69) is 15.5 Å². The van der Waals surface area contributed by atoms with Crippen molar-refractivity contribution in [3.8, 4) is 5.75 Å². The molecule has 3 aromatic carbocycles. The fourth-order valence-electron chi connectivity index (χ4n) is 2.49. The van der Waals surface area contributed by atoms with Crippen LogP contribution in [0.5, 0.6) is 5.75 Å². The lowest BCUT2D eigenvalue weighted by Crippen LogP contribution is -1.95. The maximum absolute atomic E-state index is 5.95. The molecule has 0 aliphatic rings. The quantitative estimate of drug-likeness (QED) is 0.386. The highest BCUT2D eigenvalue weighted by Gasteiger charge is 2.06. The average molecular weight is 361 g/mol.